The number of aryl methyl sites for hydroxylation is 1. The quantitative estimate of drug-likeness (QED) is 0.869. The number of rotatable bonds is 2. The summed E-state index contributed by atoms with van der Waals surface area (Å²) in [5.74, 6) is 0.823. The summed E-state index contributed by atoms with van der Waals surface area (Å²) in [6.45, 7) is 2.93. The number of nitrogens with zero attached hydrogens (tertiary/aromatic N) is 3. The van der Waals surface area contributed by atoms with Gasteiger partial charge in [0, 0.05) is 32.2 Å². The normalized spacial score (nSPS) is 15.6. The smallest absolute Gasteiger partial charge is 0.124 e. The highest BCUT2D eigenvalue weighted by atomic mass is 15.3. The van der Waals surface area contributed by atoms with E-state index in [-0.39, 0.29) is 0 Å². The Bertz CT molecular complexity index is 544. The summed E-state index contributed by atoms with van der Waals surface area (Å²) in [5, 5.41) is 4.49. The van der Waals surface area contributed by atoms with Crippen molar-refractivity contribution >= 4 is 5.82 Å². The maximum atomic E-state index is 6.00. The number of hydrogen-bond acceptors (Lipinski definition) is 3. The van der Waals surface area contributed by atoms with Crippen LogP contribution in [0.3, 0.4) is 0 Å². The minimum Gasteiger partial charge on any atom is -0.384 e. The van der Waals surface area contributed by atoms with Crippen molar-refractivity contribution in [2.45, 2.75) is 19.5 Å². The van der Waals surface area contributed by atoms with E-state index in [0.717, 1.165) is 37.6 Å². The zero-order chi connectivity index (χ0) is 12.5. The number of fused-ring (bicyclic) bond motifs is 1. The van der Waals surface area contributed by atoms with Gasteiger partial charge in [-0.1, -0.05) is 30.3 Å². The first-order valence-corrected chi connectivity index (χ1v) is 6.30. The summed E-state index contributed by atoms with van der Waals surface area (Å²) in [6.07, 6.45) is 1.00. The molecule has 4 nitrogen and oxygen atoms in total. The molecular weight excluding hydrogens is 224 g/mol. The Morgan fingerprint density at radius 2 is 2.06 bits per heavy atom. The van der Waals surface area contributed by atoms with Gasteiger partial charge in [0.05, 0.1) is 5.69 Å². The second kappa shape index (κ2) is 4.46. The van der Waals surface area contributed by atoms with Crippen LogP contribution in [0, 0.1) is 0 Å². The molecule has 0 radical (unpaired) electrons. The van der Waals surface area contributed by atoms with Crippen LogP contribution in [-0.4, -0.2) is 21.2 Å². The second-order valence-electron chi connectivity index (χ2n) is 4.88. The minimum atomic E-state index is 0.823. The fraction of sp³-hybridized carbons (Fsp3) is 0.357. The molecule has 0 bridgehead atoms. The van der Waals surface area contributed by atoms with E-state index in [4.69, 9.17) is 5.73 Å². The topological polar surface area (TPSA) is 47.1 Å². The van der Waals surface area contributed by atoms with Gasteiger partial charge in [0.25, 0.3) is 0 Å². The first kappa shape index (κ1) is 11.3. The van der Waals surface area contributed by atoms with Crippen LogP contribution in [-0.2, 0) is 26.6 Å². The predicted octanol–water partition coefficient (Wildman–Crippen LogP) is 1.56. The Balaban J connectivity index is 1.75. The van der Waals surface area contributed by atoms with E-state index in [1.807, 2.05) is 7.05 Å². The zero-order valence-corrected chi connectivity index (χ0v) is 10.6. The molecule has 0 aliphatic carbocycles. The molecule has 0 saturated heterocycles. The van der Waals surface area contributed by atoms with Crippen LogP contribution in [0.25, 0.3) is 0 Å². The molecule has 1 aliphatic heterocycles. The fourth-order valence-corrected chi connectivity index (χ4v) is 2.58. The molecule has 0 saturated carbocycles. The summed E-state index contributed by atoms with van der Waals surface area (Å²) in [5.41, 5.74) is 9.73. The molecule has 4 heteroatoms. The average molecular weight is 242 g/mol. The molecule has 0 atom stereocenters. The van der Waals surface area contributed by atoms with Crippen molar-refractivity contribution in [3.8, 4) is 0 Å². The summed E-state index contributed by atoms with van der Waals surface area (Å²) >= 11 is 0. The van der Waals surface area contributed by atoms with Crippen molar-refractivity contribution in [1.82, 2.24) is 14.7 Å². The number of anilines is 1. The maximum absolute atomic E-state index is 6.00. The average Bonchev–Trinajstić information content (AvgIpc) is 2.66. The second-order valence-corrected chi connectivity index (χ2v) is 4.88. The van der Waals surface area contributed by atoms with Crippen molar-refractivity contribution in [1.29, 1.82) is 0 Å². The third-order valence-corrected chi connectivity index (χ3v) is 3.58. The maximum Gasteiger partial charge on any atom is 0.124 e. The van der Waals surface area contributed by atoms with Crippen LogP contribution >= 0.6 is 0 Å². The Kier molecular flexibility index (Phi) is 2.80. The van der Waals surface area contributed by atoms with Crippen molar-refractivity contribution in [2.75, 3.05) is 12.3 Å². The highest BCUT2D eigenvalue weighted by molar-refractivity contribution is 5.44. The third kappa shape index (κ3) is 1.99. The summed E-state index contributed by atoms with van der Waals surface area (Å²) in [4.78, 5) is 2.42. The highest BCUT2D eigenvalue weighted by Crippen LogP contribution is 2.24. The first-order chi connectivity index (χ1) is 8.74. The van der Waals surface area contributed by atoms with Crippen LogP contribution in [0.1, 0.15) is 16.8 Å². The standard InChI is InChI=1S/C14H18N4/c1-17-14(15)12-7-8-18(10-13(12)16-17)9-11-5-3-2-4-6-11/h2-6H,7-10,15H2,1H3. The minimum absolute atomic E-state index is 0.823. The molecule has 94 valence electrons. The van der Waals surface area contributed by atoms with Crippen LogP contribution in [0.4, 0.5) is 5.82 Å². The van der Waals surface area contributed by atoms with Crippen molar-refractivity contribution < 1.29 is 0 Å². The van der Waals surface area contributed by atoms with E-state index in [1.165, 1.54) is 11.1 Å². The van der Waals surface area contributed by atoms with Crippen LogP contribution in [0.5, 0.6) is 0 Å². The Labute approximate surface area is 107 Å². The van der Waals surface area contributed by atoms with E-state index in [0.29, 0.717) is 0 Å². The van der Waals surface area contributed by atoms with Gasteiger partial charge in [-0.3, -0.25) is 9.58 Å². The van der Waals surface area contributed by atoms with Gasteiger partial charge >= 0.3 is 0 Å². The predicted molar refractivity (Wildman–Crippen MR) is 71.9 cm³/mol. The monoisotopic (exact) mass is 242 g/mol. The lowest BCUT2D eigenvalue weighted by Crippen LogP contribution is -2.30. The number of nitrogen functional groups attached to an aromatic ring is 1. The largest absolute Gasteiger partial charge is 0.384 e. The molecule has 2 aromatic rings. The van der Waals surface area contributed by atoms with Gasteiger partial charge < -0.3 is 5.73 Å². The molecule has 3 rings (SSSR count). The van der Waals surface area contributed by atoms with E-state index in [1.54, 1.807) is 4.68 Å². The van der Waals surface area contributed by atoms with Crippen LogP contribution in [0.2, 0.25) is 0 Å². The molecule has 0 fully saturated rings. The Hall–Kier alpha value is -1.81. The highest BCUT2D eigenvalue weighted by Gasteiger charge is 2.22. The van der Waals surface area contributed by atoms with E-state index < -0.39 is 0 Å². The van der Waals surface area contributed by atoms with Crippen LogP contribution in [0.15, 0.2) is 30.3 Å². The summed E-state index contributed by atoms with van der Waals surface area (Å²) in [6, 6.07) is 10.6. The van der Waals surface area contributed by atoms with Crippen molar-refractivity contribution in [3.63, 3.8) is 0 Å². The SMILES string of the molecule is Cn1nc2c(c1N)CCN(Cc1ccccc1)C2. The van der Waals surface area contributed by atoms with E-state index in [2.05, 4.69) is 40.3 Å². The number of aromatic nitrogens is 2. The van der Waals surface area contributed by atoms with Crippen LogP contribution < -0.4 is 5.73 Å². The lowest BCUT2D eigenvalue weighted by atomic mass is 10.1. The lowest BCUT2D eigenvalue weighted by Gasteiger charge is -2.26. The fourth-order valence-electron chi connectivity index (χ4n) is 2.58. The third-order valence-electron chi connectivity index (χ3n) is 3.58. The molecule has 1 aromatic carbocycles. The van der Waals surface area contributed by atoms with Gasteiger partial charge in [0.2, 0.25) is 0 Å². The molecular formula is C14H18N4. The number of nitrogens with two attached hydrogens (primary N) is 1. The molecule has 0 spiro atoms. The Morgan fingerprint density at radius 1 is 1.28 bits per heavy atom. The molecule has 0 amide bonds. The summed E-state index contributed by atoms with van der Waals surface area (Å²) < 4.78 is 1.79. The van der Waals surface area contributed by atoms with E-state index >= 15 is 0 Å². The lowest BCUT2D eigenvalue weighted by molar-refractivity contribution is 0.242. The van der Waals surface area contributed by atoms with Gasteiger partial charge in [-0.05, 0) is 12.0 Å². The van der Waals surface area contributed by atoms with Crippen molar-refractivity contribution in [2.24, 2.45) is 7.05 Å². The van der Waals surface area contributed by atoms with Gasteiger partial charge in [-0.25, -0.2) is 0 Å². The Morgan fingerprint density at radius 3 is 2.83 bits per heavy atom. The number of hydrogen-bond donors (Lipinski definition) is 1. The van der Waals surface area contributed by atoms with Gasteiger partial charge in [0.15, 0.2) is 0 Å². The molecule has 18 heavy (non-hydrogen) atoms. The molecule has 2 N–H and O–H groups in total. The van der Waals surface area contributed by atoms with E-state index in [9.17, 15) is 0 Å². The molecule has 1 aliphatic rings. The first-order valence-electron chi connectivity index (χ1n) is 6.30. The molecule has 0 unspecified atom stereocenters. The van der Waals surface area contributed by atoms with Gasteiger partial charge in [-0.2, -0.15) is 5.10 Å². The molecule has 2 heterocycles. The molecule has 1 aromatic heterocycles. The van der Waals surface area contributed by atoms with Gasteiger partial charge in [0.1, 0.15) is 5.82 Å². The summed E-state index contributed by atoms with van der Waals surface area (Å²) in [7, 11) is 1.91. The zero-order valence-electron chi connectivity index (χ0n) is 10.6. The van der Waals surface area contributed by atoms with Crippen molar-refractivity contribution in [3.05, 3.63) is 47.2 Å². The van der Waals surface area contributed by atoms with Gasteiger partial charge in [-0.15, -0.1) is 0 Å². The number of benzene rings is 1.